The molecule has 0 radical (unpaired) electrons. The van der Waals surface area contributed by atoms with E-state index in [2.05, 4.69) is 15.0 Å². The molecule has 0 aliphatic carbocycles. The molecule has 0 aliphatic rings. The van der Waals surface area contributed by atoms with Gasteiger partial charge in [-0.3, -0.25) is 0 Å². The Bertz CT molecular complexity index is 736. The minimum Gasteiger partial charge on any atom is -0.504 e. The number of nitrogen functional groups attached to an aromatic ring is 1. The number of nitrogens with one attached hydrogen (secondary N) is 1. The number of phenolic OH excluding ortho intramolecular Hbond substituents is 2. The number of H-pyrrole nitrogens is 1. The summed E-state index contributed by atoms with van der Waals surface area (Å²) in [4.78, 5) is 11.4. The quantitative estimate of drug-likeness (QED) is 0.485. The van der Waals surface area contributed by atoms with Crippen LogP contribution in [0.15, 0.2) is 30.3 Å². The van der Waals surface area contributed by atoms with Gasteiger partial charge in [-0.05, 0) is 30.3 Å². The number of benzene rings is 1. The number of phenols is 2. The number of aromatic amines is 1. The highest BCUT2D eigenvalue weighted by Gasteiger charge is 2.08. The number of hydrogen-bond donors (Lipinski definition) is 4. The summed E-state index contributed by atoms with van der Waals surface area (Å²) in [5.74, 6) is 0.588. The number of rotatable bonds is 1. The molecule has 90 valence electrons. The highest BCUT2D eigenvalue weighted by Crippen LogP contribution is 2.29. The van der Waals surface area contributed by atoms with Crippen molar-refractivity contribution in [1.82, 2.24) is 15.0 Å². The van der Waals surface area contributed by atoms with E-state index in [-0.39, 0.29) is 11.5 Å². The molecule has 0 saturated carbocycles. The molecule has 0 aliphatic heterocycles. The molecule has 6 nitrogen and oxygen atoms in total. The standard InChI is InChI=1S/C12H10N4O2/c13-10-4-2-7-12(15-10)16-11(14-7)6-1-3-8(17)9(18)5-6/h1-5,17-18H,(H3,13,14,15,16). The van der Waals surface area contributed by atoms with E-state index >= 15 is 0 Å². The van der Waals surface area contributed by atoms with E-state index in [4.69, 9.17) is 5.73 Å². The molecule has 2 heterocycles. The number of aromatic hydroxyl groups is 2. The van der Waals surface area contributed by atoms with Crippen LogP contribution in [0.25, 0.3) is 22.6 Å². The van der Waals surface area contributed by atoms with Crippen molar-refractivity contribution in [2.75, 3.05) is 5.73 Å². The Morgan fingerprint density at radius 3 is 2.61 bits per heavy atom. The number of nitrogens with zero attached hydrogens (tertiary/aromatic N) is 2. The Morgan fingerprint density at radius 1 is 1.00 bits per heavy atom. The van der Waals surface area contributed by atoms with Crippen molar-refractivity contribution in [3.63, 3.8) is 0 Å². The largest absolute Gasteiger partial charge is 0.504 e. The first-order valence-electron chi connectivity index (χ1n) is 5.28. The molecule has 1 aromatic carbocycles. The van der Waals surface area contributed by atoms with Gasteiger partial charge in [-0.2, -0.15) is 0 Å². The van der Waals surface area contributed by atoms with Crippen LogP contribution in [0, 0.1) is 0 Å². The third-order valence-corrected chi connectivity index (χ3v) is 2.62. The van der Waals surface area contributed by atoms with E-state index in [1.165, 1.54) is 12.1 Å². The second-order valence-electron chi connectivity index (χ2n) is 3.90. The topological polar surface area (TPSA) is 108 Å². The monoisotopic (exact) mass is 242 g/mol. The molecule has 2 aromatic heterocycles. The maximum absolute atomic E-state index is 9.45. The summed E-state index contributed by atoms with van der Waals surface area (Å²) in [6, 6.07) is 7.94. The summed E-state index contributed by atoms with van der Waals surface area (Å²) in [5.41, 5.74) is 7.50. The molecule has 0 amide bonds. The zero-order chi connectivity index (χ0) is 12.7. The molecular weight excluding hydrogens is 232 g/mol. The Labute approximate surface area is 102 Å². The zero-order valence-corrected chi connectivity index (χ0v) is 9.25. The van der Waals surface area contributed by atoms with Crippen LogP contribution >= 0.6 is 0 Å². The second-order valence-corrected chi connectivity index (χ2v) is 3.90. The molecule has 0 fully saturated rings. The van der Waals surface area contributed by atoms with E-state index in [9.17, 15) is 10.2 Å². The lowest BCUT2D eigenvalue weighted by Gasteiger charge is -1.99. The van der Waals surface area contributed by atoms with E-state index < -0.39 is 0 Å². The highest BCUT2D eigenvalue weighted by atomic mass is 16.3. The van der Waals surface area contributed by atoms with Crippen molar-refractivity contribution in [1.29, 1.82) is 0 Å². The van der Waals surface area contributed by atoms with Gasteiger partial charge < -0.3 is 20.9 Å². The van der Waals surface area contributed by atoms with Gasteiger partial charge in [0.15, 0.2) is 17.1 Å². The predicted octanol–water partition coefficient (Wildman–Crippen LogP) is 1.62. The van der Waals surface area contributed by atoms with Crippen molar-refractivity contribution in [2.24, 2.45) is 0 Å². The van der Waals surface area contributed by atoms with E-state index in [1.807, 2.05) is 0 Å². The first kappa shape index (κ1) is 10.4. The maximum Gasteiger partial charge on any atom is 0.180 e. The third kappa shape index (κ3) is 1.60. The zero-order valence-electron chi connectivity index (χ0n) is 9.25. The number of aromatic nitrogens is 3. The van der Waals surface area contributed by atoms with Crippen LogP contribution in [0.2, 0.25) is 0 Å². The number of anilines is 1. The fourth-order valence-corrected chi connectivity index (χ4v) is 1.71. The minimum atomic E-state index is -0.194. The molecule has 3 rings (SSSR count). The number of hydrogen-bond acceptors (Lipinski definition) is 5. The number of imidazole rings is 1. The predicted molar refractivity (Wildman–Crippen MR) is 67.1 cm³/mol. The smallest absolute Gasteiger partial charge is 0.180 e. The van der Waals surface area contributed by atoms with Gasteiger partial charge in [0.25, 0.3) is 0 Å². The summed E-state index contributed by atoms with van der Waals surface area (Å²) in [7, 11) is 0. The second kappa shape index (κ2) is 3.63. The molecule has 0 saturated heterocycles. The van der Waals surface area contributed by atoms with E-state index in [0.717, 1.165) is 5.52 Å². The van der Waals surface area contributed by atoms with Gasteiger partial charge >= 0.3 is 0 Å². The molecule has 0 atom stereocenters. The van der Waals surface area contributed by atoms with Crippen LogP contribution in [0.4, 0.5) is 5.82 Å². The summed E-state index contributed by atoms with van der Waals surface area (Å²) >= 11 is 0. The van der Waals surface area contributed by atoms with Gasteiger partial charge in [-0.25, -0.2) is 9.97 Å². The first-order valence-corrected chi connectivity index (χ1v) is 5.28. The summed E-state index contributed by atoms with van der Waals surface area (Å²) in [6.07, 6.45) is 0. The number of pyridine rings is 1. The van der Waals surface area contributed by atoms with Crippen LogP contribution in [-0.2, 0) is 0 Å². The molecular formula is C12H10N4O2. The highest BCUT2D eigenvalue weighted by molar-refractivity contribution is 5.77. The summed E-state index contributed by atoms with van der Waals surface area (Å²) in [5, 5.41) is 18.7. The molecule has 5 N–H and O–H groups in total. The van der Waals surface area contributed by atoms with Crippen LogP contribution in [0.1, 0.15) is 0 Å². The van der Waals surface area contributed by atoms with Crippen molar-refractivity contribution in [2.45, 2.75) is 0 Å². The lowest BCUT2D eigenvalue weighted by molar-refractivity contribution is 0.404. The minimum absolute atomic E-state index is 0.169. The Balaban J connectivity index is 2.16. The fourth-order valence-electron chi connectivity index (χ4n) is 1.71. The van der Waals surface area contributed by atoms with Crippen LogP contribution < -0.4 is 5.73 Å². The van der Waals surface area contributed by atoms with Gasteiger partial charge in [0.2, 0.25) is 0 Å². The van der Waals surface area contributed by atoms with Crippen LogP contribution in [0.3, 0.4) is 0 Å². The van der Waals surface area contributed by atoms with Crippen molar-refractivity contribution in [3.8, 4) is 22.9 Å². The Morgan fingerprint density at radius 2 is 1.83 bits per heavy atom. The Hall–Kier alpha value is -2.76. The summed E-state index contributed by atoms with van der Waals surface area (Å²) in [6.45, 7) is 0. The molecule has 0 unspecified atom stereocenters. The average Bonchev–Trinajstić information content (AvgIpc) is 2.75. The number of fused-ring (bicyclic) bond motifs is 1. The molecule has 0 spiro atoms. The molecule has 0 bridgehead atoms. The average molecular weight is 242 g/mol. The third-order valence-electron chi connectivity index (χ3n) is 2.62. The lowest BCUT2D eigenvalue weighted by atomic mass is 10.2. The lowest BCUT2D eigenvalue weighted by Crippen LogP contribution is -1.88. The van der Waals surface area contributed by atoms with Crippen molar-refractivity contribution >= 4 is 17.0 Å². The van der Waals surface area contributed by atoms with Gasteiger partial charge in [-0.15, -0.1) is 0 Å². The van der Waals surface area contributed by atoms with Gasteiger partial charge in [0, 0.05) is 5.56 Å². The Kier molecular flexibility index (Phi) is 2.09. The SMILES string of the molecule is Nc1ccc2[nH]c(-c3ccc(O)c(O)c3)nc2n1. The van der Waals surface area contributed by atoms with E-state index in [0.29, 0.717) is 22.9 Å². The maximum atomic E-state index is 9.45. The van der Waals surface area contributed by atoms with Gasteiger partial charge in [-0.1, -0.05) is 0 Å². The molecule has 3 aromatic rings. The molecule has 6 heteroatoms. The van der Waals surface area contributed by atoms with Gasteiger partial charge in [0.1, 0.15) is 11.6 Å². The first-order chi connectivity index (χ1) is 8.63. The van der Waals surface area contributed by atoms with Gasteiger partial charge in [0.05, 0.1) is 5.52 Å². The van der Waals surface area contributed by atoms with E-state index in [1.54, 1.807) is 18.2 Å². The van der Waals surface area contributed by atoms with Crippen molar-refractivity contribution in [3.05, 3.63) is 30.3 Å². The van der Waals surface area contributed by atoms with Crippen LogP contribution in [0.5, 0.6) is 11.5 Å². The normalized spacial score (nSPS) is 10.9. The van der Waals surface area contributed by atoms with Crippen LogP contribution in [-0.4, -0.2) is 25.2 Å². The van der Waals surface area contributed by atoms with Crippen molar-refractivity contribution < 1.29 is 10.2 Å². The summed E-state index contributed by atoms with van der Waals surface area (Å²) < 4.78 is 0. The molecule has 18 heavy (non-hydrogen) atoms. The fraction of sp³-hybridized carbons (Fsp3) is 0. The number of nitrogens with two attached hydrogens (primary N) is 1.